The van der Waals surface area contributed by atoms with Gasteiger partial charge in [0.15, 0.2) is 0 Å². The minimum atomic E-state index is -0.204. The van der Waals surface area contributed by atoms with Crippen LogP contribution in [0.15, 0.2) is 18.2 Å². The first-order valence-corrected chi connectivity index (χ1v) is 7.79. The van der Waals surface area contributed by atoms with Gasteiger partial charge in [-0.15, -0.1) is 0 Å². The van der Waals surface area contributed by atoms with Crippen LogP contribution in [0, 0.1) is 11.7 Å². The summed E-state index contributed by atoms with van der Waals surface area (Å²) in [5.41, 5.74) is 0.910. The van der Waals surface area contributed by atoms with Crippen LogP contribution in [-0.4, -0.2) is 13.2 Å². The molecule has 112 valence electrons. The molecule has 0 bridgehead atoms. The molecule has 1 aromatic rings. The molecule has 20 heavy (non-hydrogen) atoms. The summed E-state index contributed by atoms with van der Waals surface area (Å²) in [7, 11) is 1.88. The molecular formula is C17H26FNO. The van der Waals surface area contributed by atoms with Gasteiger partial charge in [0.1, 0.15) is 17.7 Å². The summed E-state index contributed by atoms with van der Waals surface area (Å²) in [5.74, 6) is 1.26. The van der Waals surface area contributed by atoms with Gasteiger partial charge in [0.25, 0.3) is 0 Å². The summed E-state index contributed by atoms with van der Waals surface area (Å²) in [6.45, 7) is 4.26. The van der Waals surface area contributed by atoms with Crippen molar-refractivity contribution in [1.29, 1.82) is 0 Å². The molecule has 1 N–H and O–H groups in total. The third-order valence-corrected chi connectivity index (χ3v) is 4.51. The second-order valence-electron chi connectivity index (χ2n) is 5.80. The molecule has 0 aliphatic heterocycles. The Kier molecular flexibility index (Phi) is 5.41. The molecule has 1 aliphatic rings. The molecule has 1 aromatic carbocycles. The maximum Gasteiger partial charge on any atom is 0.124 e. The first-order valence-electron chi connectivity index (χ1n) is 7.79. The maximum absolute atomic E-state index is 13.5. The van der Waals surface area contributed by atoms with Gasteiger partial charge >= 0.3 is 0 Å². The lowest BCUT2D eigenvalue weighted by Crippen LogP contribution is -2.30. The van der Waals surface area contributed by atoms with Gasteiger partial charge in [-0.1, -0.05) is 13.3 Å². The molecule has 0 radical (unpaired) electrons. The smallest absolute Gasteiger partial charge is 0.124 e. The SMILES string of the molecule is CCC1CCCCC1Oc1ccc(F)cc1C(C)NC. The molecule has 3 heteroatoms. The van der Waals surface area contributed by atoms with Crippen molar-refractivity contribution in [2.75, 3.05) is 7.05 Å². The fourth-order valence-corrected chi connectivity index (χ4v) is 3.08. The van der Waals surface area contributed by atoms with Crippen molar-refractivity contribution >= 4 is 0 Å². The third-order valence-electron chi connectivity index (χ3n) is 4.51. The molecule has 1 fully saturated rings. The normalized spacial score (nSPS) is 24.4. The first-order chi connectivity index (χ1) is 9.65. The number of hydrogen-bond acceptors (Lipinski definition) is 2. The first kappa shape index (κ1) is 15.3. The highest BCUT2D eigenvalue weighted by molar-refractivity contribution is 5.36. The number of hydrogen-bond donors (Lipinski definition) is 1. The van der Waals surface area contributed by atoms with Crippen LogP contribution in [0.25, 0.3) is 0 Å². The molecule has 1 aliphatic carbocycles. The highest BCUT2D eigenvalue weighted by Crippen LogP contribution is 2.33. The summed E-state index contributed by atoms with van der Waals surface area (Å²) >= 11 is 0. The average Bonchev–Trinajstić information content (AvgIpc) is 2.48. The highest BCUT2D eigenvalue weighted by atomic mass is 19.1. The second kappa shape index (κ2) is 7.07. The van der Waals surface area contributed by atoms with Gasteiger partial charge in [-0.25, -0.2) is 4.39 Å². The predicted octanol–water partition coefficient (Wildman–Crippen LogP) is 4.45. The van der Waals surface area contributed by atoms with E-state index >= 15 is 0 Å². The van der Waals surface area contributed by atoms with Crippen LogP contribution in [-0.2, 0) is 0 Å². The molecule has 2 nitrogen and oxygen atoms in total. The van der Waals surface area contributed by atoms with Crippen LogP contribution in [0.1, 0.15) is 57.6 Å². The van der Waals surface area contributed by atoms with Crippen LogP contribution in [0.2, 0.25) is 0 Å². The van der Waals surface area contributed by atoms with Crippen molar-refractivity contribution in [1.82, 2.24) is 5.32 Å². The minimum Gasteiger partial charge on any atom is -0.490 e. The predicted molar refractivity (Wildman–Crippen MR) is 80.5 cm³/mol. The topological polar surface area (TPSA) is 21.3 Å². The summed E-state index contributed by atoms with van der Waals surface area (Å²) in [6.07, 6.45) is 6.34. The Bertz CT molecular complexity index is 435. The number of benzene rings is 1. The van der Waals surface area contributed by atoms with Crippen molar-refractivity contribution in [3.63, 3.8) is 0 Å². The second-order valence-corrected chi connectivity index (χ2v) is 5.80. The number of ether oxygens (including phenoxy) is 1. The van der Waals surface area contributed by atoms with Crippen LogP contribution in [0.4, 0.5) is 4.39 Å². The fraction of sp³-hybridized carbons (Fsp3) is 0.647. The van der Waals surface area contributed by atoms with Crippen molar-refractivity contribution < 1.29 is 9.13 Å². The Morgan fingerprint density at radius 3 is 2.80 bits per heavy atom. The van der Waals surface area contributed by atoms with E-state index in [9.17, 15) is 4.39 Å². The third kappa shape index (κ3) is 3.51. The maximum atomic E-state index is 13.5. The Morgan fingerprint density at radius 2 is 2.10 bits per heavy atom. The molecule has 3 atom stereocenters. The molecule has 0 saturated heterocycles. The van der Waals surface area contributed by atoms with E-state index in [4.69, 9.17) is 4.74 Å². The van der Waals surface area contributed by atoms with Crippen LogP contribution >= 0.6 is 0 Å². The molecule has 0 amide bonds. The molecule has 3 unspecified atom stereocenters. The van der Waals surface area contributed by atoms with Crippen molar-refractivity contribution in [3.8, 4) is 5.75 Å². The van der Waals surface area contributed by atoms with Gasteiger partial charge < -0.3 is 10.1 Å². The van der Waals surface area contributed by atoms with Crippen molar-refractivity contribution in [2.45, 2.75) is 58.1 Å². The average molecular weight is 279 g/mol. The minimum absolute atomic E-state index is 0.0874. The Labute approximate surface area is 121 Å². The van der Waals surface area contributed by atoms with Gasteiger partial charge in [-0.05, 0) is 63.8 Å². The summed E-state index contributed by atoms with van der Waals surface area (Å²) in [6, 6.07) is 4.94. The van der Waals surface area contributed by atoms with E-state index in [1.54, 1.807) is 12.1 Å². The van der Waals surface area contributed by atoms with Gasteiger partial charge in [0, 0.05) is 11.6 Å². The van der Waals surface area contributed by atoms with Gasteiger partial charge in [-0.2, -0.15) is 0 Å². The highest BCUT2D eigenvalue weighted by Gasteiger charge is 2.26. The van der Waals surface area contributed by atoms with E-state index in [2.05, 4.69) is 12.2 Å². The quantitative estimate of drug-likeness (QED) is 0.859. The van der Waals surface area contributed by atoms with E-state index in [1.807, 2.05) is 14.0 Å². The van der Waals surface area contributed by atoms with E-state index in [0.29, 0.717) is 5.92 Å². The van der Waals surface area contributed by atoms with E-state index in [0.717, 1.165) is 24.2 Å². The molecule has 0 heterocycles. The molecule has 2 rings (SSSR count). The number of halogens is 1. The molecule has 0 spiro atoms. The number of nitrogens with one attached hydrogen (secondary N) is 1. The molecular weight excluding hydrogens is 253 g/mol. The summed E-state index contributed by atoms with van der Waals surface area (Å²) in [4.78, 5) is 0. The van der Waals surface area contributed by atoms with Crippen LogP contribution in [0.5, 0.6) is 5.75 Å². The summed E-state index contributed by atoms with van der Waals surface area (Å²) < 4.78 is 19.7. The van der Waals surface area contributed by atoms with Crippen LogP contribution < -0.4 is 10.1 Å². The van der Waals surface area contributed by atoms with Crippen molar-refractivity contribution in [3.05, 3.63) is 29.6 Å². The van der Waals surface area contributed by atoms with Crippen molar-refractivity contribution in [2.24, 2.45) is 5.92 Å². The Balaban J connectivity index is 2.19. The zero-order valence-electron chi connectivity index (χ0n) is 12.8. The van der Waals surface area contributed by atoms with Gasteiger partial charge in [0.05, 0.1) is 0 Å². The largest absolute Gasteiger partial charge is 0.490 e. The van der Waals surface area contributed by atoms with E-state index in [1.165, 1.54) is 25.3 Å². The fourth-order valence-electron chi connectivity index (χ4n) is 3.08. The van der Waals surface area contributed by atoms with E-state index in [-0.39, 0.29) is 18.0 Å². The van der Waals surface area contributed by atoms with Gasteiger partial charge in [0.2, 0.25) is 0 Å². The monoisotopic (exact) mass is 279 g/mol. The number of rotatable bonds is 5. The zero-order chi connectivity index (χ0) is 14.5. The Hall–Kier alpha value is -1.09. The van der Waals surface area contributed by atoms with Gasteiger partial charge in [-0.3, -0.25) is 0 Å². The van der Waals surface area contributed by atoms with Crippen LogP contribution in [0.3, 0.4) is 0 Å². The standard InChI is InChI=1S/C17H26FNO/c1-4-13-7-5-6-8-16(13)20-17-10-9-14(18)11-15(17)12(2)19-3/h9-13,16,19H,4-8H2,1-3H3. The molecule has 1 saturated carbocycles. The lowest BCUT2D eigenvalue weighted by Gasteiger charge is -2.32. The van der Waals surface area contributed by atoms with E-state index < -0.39 is 0 Å². The Morgan fingerprint density at radius 1 is 1.35 bits per heavy atom. The summed E-state index contributed by atoms with van der Waals surface area (Å²) in [5, 5.41) is 3.16. The zero-order valence-corrected chi connectivity index (χ0v) is 12.8. The molecule has 0 aromatic heterocycles. The lowest BCUT2D eigenvalue weighted by atomic mass is 9.84. The lowest BCUT2D eigenvalue weighted by molar-refractivity contribution is 0.0888.